The Hall–Kier alpha value is -0.890. The number of benzene rings is 1. The van der Waals surface area contributed by atoms with E-state index in [9.17, 15) is 19.3 Å². The quantitative estimate of drug-likeness (QED) is 0.489. The minimum atomic E-state index is -1.22. The molecule has 0 aliphatic rings. The number of carbonyl (C=O) groups is 1. The van der Waals surface area contributed by atoms with Crippen LogP contribution in [0.1, 0.15) is 0 Å². The molecule has 1 rings (SSSR count). The summed E-state index contributed by atoms with van der Waals surface area (Å²) in [6.07, 6.45) is 0. The Balaban J connectivity index is 0.00000256. The van der Waals surface area contributed by atoms with Crippen LogP contribution in [-0.2, 0) is 4.79 Å². The molecular formula is C8H7ClFN2NaO4. The summed E-state index contributed by atoms with van der Waals surface area (Å²) in [5.74, 6) is -2.08. The summed E-state index contributed by atoms with van der Waals surface area (Å²) in [7, 11) is 0. The minimum absolute atomic E-state index is 0. The molecule has 0 aromatic heterocycles. The number of carboxylic acid groups (broad SMARTS) is 1. The first-order valence-electron chi connectivity index (χ1n) is 4.01. The van der Waals surface area contributed by atoms with E-state index in [1.54, 1.807) is 0 Å². The van der Waals surface area contributed by atoms with Crippen LogP contribution in [0.4, 0.5) is 15.8 Å². The van der Waals surface area contributed by atoms with Crippen LogP contribution in [0.25, 0.3) is 0 Å². The third-order valence-electron chi connectivity index (χ3n) is 1.67. The Morgan fingerprint density at radius 1 is 1.59 bits per heavy atom. The topological polar surface area (TPSA) is 92.5 Å². The monoisotopic (exact) mass is 272 g/mol. The number of hydrogen-bond acceptors (Lipinski definition) is 4. The van der Waals surface area contributed by atoms with Gasteiger partial charge in [0.2, 0.25) is 0 Å². The van der Waals surface area contributed by atoms with Gasteiger partial charge in [-0.15, -0.1) is 0 Å². The van der Waals surface area contributed by atoms with E-state index in [4.69, 9.17) is 16.7 Å². The first-order chi connectivity index (χ1) is 7.41. The molecule has 6 nitrogen and oxygen atoms in total. The molecule has 0 unspecified atom stereocenters. The second kappa shape index (κ2) is 6.75. The van der Waals surface area contributed by atoms with E-state index >= 15 is 0 Å². The van der Waals surface area contributed by atoms with Crippen LogP contribution < -0.4 is 5.32 Å². The van der Waals surface area contributed by atoms with Gasteiger partial charge in [0.15, 0.2) is 0 Å². The summed E-state index contributed by atoms with van der Waals surface area (Å²) in [5, 5.41) is 20.8. The van der Waals surface area contributed by atoms with Gasteiger partial charge in [0.25, 0.3) is 5.69 Å². The standard InChI is InChI=1S/C8H6ClFN2O4.Na.H/c9-4-1-7(12(15)16)6(2-5(4)10)11-3-8(13)14;;/h1-2,11H,3H2,(H,13,14);;. The molecule has 0 saturated carbocycles. The van der Waals surface area contributed by atoms with E-state index in [2.05, 4.69) is 5.32 Å². The van der Waals surface area contributed by atoms with Crippen LogP contribution in [0.5, 0.6) is 0 Å². The van der Waals surface area contributed by atoms with Crippen molar-refractivity contribution in [2.45, 2.75) is 0 Å². The van der Waals surface area contributed by atoms with Gasteiger partial charge in [-0.25, -0.2) is 4.39 Å². The van der Waals surface area contributed by atoms with E-state index in [-0.39, 0.29) is 35.2 Å². The second-order valence-corrected chi connectivity index (χ2v) is 3.20. The fraction of sp³-hybridized carbons (Fsp3) is 0.125. The van der Waals surface area contributed by atoms with Gasteiger partial charge in [0, 0.05) is 12.1 Å². The molecule has 0 heterocycles. The van der Waals surface area contributed by atoms with Gasteiger partial charge in [0.1, 0.15) is 18.0 Å². The van der Waals surface area contributed by atoms with E-state index in [1.165, 1.54) is 0 Å². The third kappa shape index (κ3) is 4.47. The molecule has 2 N–H and O–H groups in total. The van der Waals surface area contributed by atoms with Crippen molar-refractivity contribution in [1.82, 2.24) is 0 Å². The SMILES string of the molecule is O=C(O)CNc1cc(F)c(Cl)cc1[N+](=O)[O-].[NaH]. The van der Waals surface area contributed by atoms with Crippen LogP contribution in [-0.4, -0.2) is 52.1 Å². The van der Waals surface area contributed by atoms with Crippen molar-refractivity contribution in [3.05, 3.63) is 33.1 Å². The Morgan fingerprint density at radius 2 is 2.18 bits per heavy atom. The van der Waals surface area contributed by atoms with Gasteiger partial charge >= 0.3 is 35.5 Å². The normalized spacial score (nSPS) is 9.29. The number of nitro benzene ring substituents is 1. The molecule has 0 radical (unpaired) electrons. The molecule has 0 bridgehead atoms. The molecule has 88 valence electrons. The van der Waals surface area contributed by atoms with Gasteiger partial charge in [-0.2, -0.15) is 0 Å². The third-order valence-corrected chi connectivity index (χ3v) is 1.96. The zero-order valence-electron chi connectivity index (χ0n) is 7.74. The van der Waals surface area contributed by atoms with Crippen molar-refractivity contribution in [2.75, 3.05) is 11.9 Å². The number of anilines is 1. The van der Waals surface area contributed by atoms with E-state index < -0.39 is 34.0 Å². The van der Waals surface area contributed by atoms with Crippen molar-refractivity contribution in [3.63, 3.8) is 0 Å². The van der Waals surface area contributed by atoms with Gasteiger partial charge in [-0.3, -0.25) is 14.9 Å². The summed E-state index contributed by atoms with van der Waals surface area (Å²) in [5.41, 5.74) is -0.707. The van der Waals surface area contributed by atoms with Gasteiger partial charge < -0.3 is 10.4 Å². The maximum absolute atomic E-state index is 13.0. The van der Waals surface area contributed by atoms with Crippen LogP contribution in [0.3, 0.4) is 0 Å². The molecule has 0 spiro atoms. The first-order valence-corrected chi connectivity index (χ1v) is 4.38. The maximum atomic E-state index is 13.0. The van der Waals surface area contributed by atoms with Crippen LogP contribution in [0, 0.1) is 15.9 Å². The van der Waals surface area contributed by atoms with Crippen LogP contribution >= 0.6 is 11.6 Å². The van der Waals surface area contributed by atoms with Gasteiger partial charge in [-0.05, 0) is 0 Å². The van der Waals surface area contributed by atoms with Crippen molar-refractivity contribution in [2.24, 2.45) is 0 Å². The predicted molar refractivity (Wildman–Crippen MR) is 61.3 cm³/mol. The van der Waals surface area contributed by atoms with Crippen molar-refractivity contribution in [3.8, 4) is 0 Å². The first kappa shape index (κ1) is 16.1. The average Bonchev–Trinajstić information content (AvgIpc) is 2.18. The average molecular weight is 273 g/mol. The Bertz CT molecular complexity index is 457. The van der Waals surface area contributed by atoms with Crippen molar-refractivity contribution < 1.29 is 19.2 Å². The molecule has 0 atom stereocenters. The molecule has 1 aromatic carbocycles. The second-order valence-electron chi connectivity index (χ2n) is 2.79. The van der Waals surface area contributed by atoms with Gasteiger partial charge in [0.05, 0.1) is 9.95 Å². The molecule has 0 amide bonds. The van der Waals surface area contributed by atoms with Crippen molar-refractivity contribution >= 4 is 58.5 Å². The van der Waals surface area contributed by atoms with E-state index in [1.807, 2.05) is 0 Å². The zero-order chi connectivity index (χ0) is 12.3. The van der Waals surface area contributed by atoms with Gasteiger partial charge in [-0.1, -0.05) is 11.6 Å². The Kier molecular flexibility index (Phi) is 6.40. The van der Waals surface area contributed by atoms with Crippen molar-refractivity contribution in [1.29, 1.82) is 0 Å². The summed E-state index contributed by atoms with van der Waals surface area (Å²) in [6.45, 7) is -0.554. The number of aliphatic carboxylic acids is 1. The van der Waals surface area contributed by atoms with Crippen LogP contribution in [0.15, 0.2) is 12.1 Å². The molecule has 0 aliphatic carbocycles. The number of rotatable bonds is 4. The number of hydrogen-bond donors (Lipinski definition) is 2. The number of halogens is 2. The molecule has 0 fully saturated rings. The molecule has 9 heteroatoms. The Labute approximate surface area is 122 Å². The number of nitro groups is 1. The number of nitrogens with one attached hydrogen (secondary N) is 1. The molecule has 0 saturated heterocycles. The zero-order valence-corrected chi connectivity index (χ0v) is 8.49. The van der Waals surface area contributed by atoms with E-state index in [0.29, 0.717) is 0 Å². The fourth-order valence-electron chi connectivity index (χ4n) is 1.000. The number of nitrogens with zero attached hydrogens (tertiary/aromatic N) is 1. The number of carboxylic acids is 1. The summed E-state index contributed by atoms with van der Waals surface area (Å²) < 4.78 is 13.0. The fourth-order valence-corrected chi connectivity index (χ4v) is 1.16. The van der Waals surface area contributed by atoms with Crippen LogP contribution in [0.2, 0.25) is 5.02 Å². The Morgan fingerprint density at radius 3 is 2.65 bits per heavy atom. The molecule has 0 aliphatic heterocycles. The summed E-state index contributed by atoms with van der Waals surface area (Å²) in [4.78, 5) is 20.0. The molecular weight excluding hydrogens is 266 g/mol. The summed E-state index contributed by atoms with van der Waals surface area (Å²) in [6, 6.07) is 1.60. The predicted octanol–water partition coefficient (Wildman–Crippen LogP) is 1.24. The molecule has 1 aromatic rings. The molecule has 17 heavy (non-hydrogen) atoms. The van der Waals surface area contributed by atoms with E-state index in [0.717, 1.165) is 12.1 Å². The summed E-state index contributed by atoms with van der Waals surface area (Å²) >= 11 is 5.37.